The van der Waals surface area contributed by atoms with Crippen molar-refractivity contribution in [3.63, 3.8) is 0 Å². The second-order valence-electron chi connectivity index (χ2n) is 9.87. The fraction of sp³-hybridized carbons (Fsp3) is 0.538. The van der Waals surface area contributed by atoms with Crippen LogP contribution in [0.4, 0.5) is 5.69 Å². The summed E-state index contributed by atoms with van der Waals surface area (Å²) in [6, 6.07) is 8.19. The van der Waals surface area contributed by atoms with Gasteiger partial charge < -0.3 is 19.5 Å². The Labute approximate surface area is 200 Å². The number of aromatic nitrogens is 4. The smallest absolute Gasteiger partial charge is 0.225 e. The van der Waals surface area contributed by atoms with Gasteiger partial charge >= 0.3 is 0 Å². The fourth-order valence-electron chi connectivity index (χ4n) is 4.27. The van der Waals surface area contributed by atoms with E-state index in [1.54, 1.807) is 0 Å². The van der Waals surface area contributed by atoms with Crippen LogP contribution < -0.4 is 5.32 Å². The maximum absolute atomic E-state index is 12.9. The Morgan fingerprint density at radius 1 is 1.21 bits per heavy atom. The summed E-state index contributed by atoms with van der Waals surface area (Å²) in [6.45, 7) is 8.35. The van der Waals surface area contributed by atoms with Crippen LogP contribution in [0.5, 0.6) is 0 Å². The van der Waals surface area contributed by atoms with Crippen LogP contribution in [0.25, 0.3) is 11.5 Å². The Bertz CT molecular complexity index is 1130. The standard InChI is InChI=1S/C26H35N5O3/c1-16(2)5-9-21-15-23(30-34-21)26-29-28-25(31(26)20-7-8-20)19(11-12-32)14-24(33)27-22-10-6-17(3)13-18(22)4/h6,10,13,15-16,19-20,32H,5,7-9,11-12,14H2,1-4H3,(H,27,33)/t19-/m0/s1. The number of aryl methyl sites for hydroxylation is 3. The number of rotatable bonds is 11. The zero-order chi connectivity index (χ0) is 24.2. The molecule has 1 amide bonds. The van der Waals surface area contributed by atoms with Gasteiger partial charge in [0.2, 0.25) is 5.91 Å². The largest absolute Gasteiger partial charge is 0.396 e. The molecule has 1 atom stereocenters. The topological polar surface area (TPSA) is 106 Å². The monoisotopic (exact) mass is 465 g/mol. The van der Waals surface area contributed by atoms with Gasteiger partial charge in [-0.25, -0.2) is 0 Å². The molecule has 182 valence electrons. The second-order valence-corrected chi connectivity index (χ2v) is 9.87. The van der Waals surface area contributed by atoms with E-state index in [1.807, 2.05) is 38.1 Å². The van der Waals surface area contributed by atoms with Crippen LogP contribution in [0.1, 0.15) is 80.6 Å². The van der Waals surface area contributed by atoms with Crippen molar-refractivity contribution in [3.8, 4) is 11.5 Å². The Hall–Kier alpha value is -3.00. The number of nitrogens with one attached hydrogen (secondary N) is 1. The number of anilines is 1. The lowest BCUT2D eigenvalue weighted by molar-refractivity contribution is -0.116. The number of aliphatic hydroxyl groups excluding tert-OH is 1. The molecule has 0 aliphatic heterocycles. The van der Waals surface area contributed by atoms with Crippen molar-refractivity contribution in [2.24, 2.45) is 5.92 Å². The highest BCUT2D eigenvalue weighted by Gasteiger charge is 2.34. The first-order valence-corrected chi connectivity index (χ1v) is 12.2. The predicted molar refractivity (Wildman–Crippen MR) is 131 cm³/mol. The predicted octanol–water partition coefficient (Wildman–Crippen LogP) is 4.97. The second kappa shape index (κ2) is 10.5. The maximum atomic E-state index is 12.9. The third kappa shape index (κ3) is 5.73. The molecule has 2 heterocycles. The highest BCUT2D eigenvalue weighted by molar-refractivity contribution is 5.92. The molecule has 0 bridgehead atoms. The molecule has 1 aliphatic carbocycles. The molecule has 2 N–H and O–H groups in total. The van der Waals surface area contributed by atoms with Gasteiger partial charge in [0, 0.05) is 43.2 Å². The van der Waals surface area contributed by atoms with Crippen LogP contribution in [-0.4, -0.2) is 37.5 Å². The SMILES string of the molecule is Cc1ccc(NC(=O)C[C@H](CCO)c2nnc(-c3cc(CCC(C)C)on3)n2C2CC2)c(C)c1. The molecule has 0 radical (unpaired) electrons. The number of amides is 1. The molecule has 3 aromatic rings. The van der Waals surface area contributed by atoms with Crippen LogP contribution in [0, 0.1) is 19.8 Å². The number of carbonyl (C=O) groups is 1. The van der Waals surface area contributed by atoms with E-state index < -0.39 is 0 Å². The van der Waals surface area contributed by atoms with Crippen molar-refractivity contribution in [1.29, 1.82) is 0 Å². The maximum Gasteiger partial charge on any atom is 0.225 e. The van der Waals surface area contributed by atoms with Gasteiger partial charge in [0.05, 0.1) is 0 Å². The molecular formula is C26H35N5O3. The minimum atomic E-state index is -0.245. The van der Waals surface area contributed by atoms with Crippen LogP contribution in [-0.2, 0) is 11.2 Å². The summed E-state index contributed by atoms with van der Waals surface area (Å²) >= 11 is 0. The van der Waals surface area contributed by atoms with Crippen LogP contribution in [0.2, 0.25) is 0 Å². The van der Waals surface area contributed by atoms with Crippen LogP contribution in [0.15, 0.2) is 28.8 Å². The Balaban J connectivity index is 1.55. The molecular weight excluding hydrogens is 430 g/mol. The molecule has 34 heavy (non-hydrogen) atoms. The summed E-state index contributed by atoms with van der Waals surface area (Å²) in [7, 11) is 0. The summed E-state index contributed by atoms with van der Waals surface area (Å²) in [6.07, 6.45) is 4.60. The number of carbonyl (C=O) groups excluding carboxylic acids is 1. The van der Waals surface area contributed by atoms with E-state index in [2.05, 4.69) is 39.1 Å². The van der Waals surface area contributed by atoms with E-state index in [9.17, 15) is 9.90 Å². The lowest BCUT2D eigenvalue weighted by Gasteiger charge is -2.17. The molecule has 1 aromatic carbocycles. The van der Waals surface area contributed by atoms with Gasteiger partial charge in [-0.05, 0) is 57.1 Å². The molecule has 0 saturated heterocycles. The van der Waals surface area contributed by atoms with Crippen LogP contribution >= 0.6 is 0 Å². The van der Waals surface area contributed by atoms with Gasteiger partial charge in [-0.3, -0.25) is 4.79 Å². The van der Waals surface area contributed by atoms with Crippen LogP contribution in [0.3, 0.4) is 0 Å². The molecule has 2 aromatic heterocycles. The first kappa shape index (κ1) is 24.1. The van der Waals surface area contributed by atoms with Gasteiger partial charge in [-0.1, -0.05) is 36.7 Å². The highest BCUT2D eigenvalue weighted by Crippen LogP contribution is 2.41. The number of hydrogen-bond acceptors (Lipinski definition) is 6. The van der Waals surface area contributed by atoms with Crippen molar-refractivity contribution < 1.29 is 14.4 Å². The average molecular weight is 466 g/mol. The molecule has 8 nitrogen and oxygen atoms in total. The van der Waals surface area contributed by atoms with Gasteiger partial charge in [0.15, 0.2) is 11.5 Å². The van der Waals surface area contributed by atoms with E-state index in [-0.39, 0.29) is 24.9 Å². The Morgan fingerprint density at radius 2 is 2.00 bits per heavy atom. The lowest BCUT2D eigenvalue weighted by Crippen LogP contribution is -2.19. The molecule has 8 heteroatoms. The summed E-state index contributed by atoms with van der Waals surface area (Å²) in [5.74, 6) is 2.49. The van der Waals surface area contributed by atoms with Gasteiger partial charge in [0.25, 0.3) is 0 Å². The third-order valence-electron chi connectivity index (χ3n) is 6.32. The van der Waals surface area contributed by atoms with Gasteiger partial charge in [-0.2, -0.15) is 0 Å². The zero-order valence-electron chi connectivity index (χ0n) is 20.5. The van der Waals surface area contributed by atoms with E-state index in [1.165, 1.54) is 0 Å². The highest BCUT2D eigenvalue weighted by atomic mass is 16.5. The van der Waals surface area contributed by atoms with Crippen molar-refractivity contribution in [2.45, 2.75) is 78.2 Å². The molecule has 1 aliphatic rings. The molecule has 4 rings (SSSR count). The summed E-state index contributed by atoms with van der Waals surface area (Å²) in [4.78, 5) is 12.9. The van der Waals surface area contributed by atoms with E-state index in [0.717, 1.165) is 54.1 Å². The Morgan fingerprint density at radius 3 is 2.68 bits per heavy atom. The third-order valence-corrected chi connectivity index (χ3v) is 6.32. The number of nitrogens with zero attached hydrogens (tertiary/aromatic N) is 4. The van der Waals surface area contributed by atoms with E-state index in [4.69, 9.17) is 4.52 Å². The van der Waals surface area contributed by atoms with E-state index in [0.29, 0.717) is 29.9 Å². The first-order chi connectivity index (χ1) is 16.4. The number of aliphatic hydroxyl groups is 1. The summed E-state index contributed by atoms with van der Waals surface area (Å²) < 4.78 is 7.66. The van der Waals surface area contributed by atoms with E-state index >= 15 is 0 Å². The normalized spacial score (nSPS) is 14.5. The average Bonchev–Trinajstić information content (AvgIpc) is 3.35. The lowest BCUT2D eigenvalue weighted by atomic mass is 9.99. The van der Waals surface area contributed by atoms with Crippen molar-refractivity contribution >= 4 is 11.6 Å². The molecule has 0 spiro atoms. The zero-order valence-corrected chi connectivity index (χ0v) is 20.5. The fourth-order valence-corrected chi connectivity index (χ4v) is 4.27. The van der Waals surface area contributed by atoms with Crippen molar-refractivity contribution in [3.05, 3.63) is 47.0 Å². The van der Waals surface area contributed by atoms with Crippen molar-refractivity contribution in [1.82, 2.24) is 19.9 Å². The minimum absolute atomic E-state index is 0.0301. The van der Waals surface area contributed by atoms with Gasteiger partial charge in [-0.15, -0.1) is 10.2 Å². The number of benzene rings is 1. The minimum Gasteiger partial charge on any atom is -0.396 e. The van der Waals surface area contributed by atoms with Crippen molar-refractivity contribution in [2.75, 3.05) is 11.9 Å². The molecule has 1 saturated carbocycles. The molecule has 1 fully saturated rings. The quantitative estimate of drug-likeness (QED) is 0.414. The number of hydrogen-bond donors (Lipinski definition) is 2. The summed E-state index contributed by atoms with van der Waals surface area (Å²) in [5, 5.41) is 26.0. The molecule has 0 unspecified atom stereocenters. The summed E-state index contributed by atoms with van der Waals surface area (Å²) in [5.41, 5.74) is 3.65. The van der Waals surface area contributed by atoms with Gasteiger partial charge in [0.1, 0.15) is 11.6 Å². The first-order valence-electron chi connectivity index (χ1n) is 12.2. The Kier molecular flexibility index (Phi) is 7.46.